The highest BCUT2D eigenvalue weighted by molar-refractivity contribution is 6.00. The highest BCUT2D eigenvalue weighted by Gasteiger charge is 2.53. The predicted octanol–water partition coefficient (Wildman–Crippen LogP) is 4.85. The number of rotatable bonds is 10. The summed E-state index contributed by atoms with van der Waals surface area (Å²) in [5.41, 5.74) is -0.258. The second-order valence-electron chi connectivity index (χ2n) is 9.73. The van der Waals surface area contributed by atoms with Gasteiger partial charge in [0.1, 0.15) is 12.4 Å². The molecule has 6 nitrogen and oxygen atoms in total. The standard InChI is InChI=1S/C27H36O6/c1-6-17(2)13-18(3)9-7-8-10-25(30)33-24-12-11-21(26(31)32)27(5)15-20(19(4)16-28)23(29)14-22(24)27/h7-10,14,16-18,20-21,24H,4,6,11-13,15H2,1-3,5H3,(H,31,32)/b9-7+,10-8+/t17?,18?,20-,21+,24+,27+/m0/s1. The lowest BCUT2D eigenvalue weighted by Crippen LogP contribution is -2.49. The minimum Gasteiger partial charge on any atom is -0.481 e. The van der Waals surface area contributed by atoms with Crippen molar-refractivity contribution in [2.24, 2.45) is 29.1 Å². The molecule has 2 unspecified atom stereocenters. The highest BCUT2D eigenvalue weighted by atomic mass is 16.5. The average molecular weight is 457 g/mol. The van der Waals surface area contributed by atoms with Crippen LogP contribution in [0.2, 0.25) is 0 Å². The Kier molecular flexibility index (Phi) is 9.15. The van der Waals surface area contributed by atoms with E-state index in [9.17, 15) is 24.3 Å². The quantitative estimate of drug-likeness (QED) is 0.218. The molecule has 0 amide bonds. The molecule has 6 atom stereocenters. The Morgan fingerprint density at radius 1 is 1.30 bits per heavy atom. The molecule has 0 aromatic heterocycles. The second-order valence-corrected chi connectivity index (χ2v) is 9.73. The van der Waals surface area contributed by atoms with Crippen molar-refractivity contribution >= 4 is 24.0 Å². The van der Waals surface area contributed by atoms with Crippen LogP contribution in [-0.4, -0.2) is 35.2 Å². The fraction of sp³-hybridized carbons (Fsp3) is 0.556. The van der Waals surface area contributed by atoms with Gasteiger partial charge in [-0.15, -0.1) is 0 Å². The number of carbonyl (C=O) groups excluding carboxylic acids is 3. The topological polar surface area (TPSA) is 97.7 Å². The van der Waals surface area contributed by atoms with Crippen molar-refractivity contribution in [2.75, 3.05) is 0 Å². The molecule has 33 heavy (non-hydrogen) atoms. The van der Waals surface area contributed by atoms with E-state index in [1.54, 1.807) is 13.0 Å². The number of carboxylic acid groups (broad SMARTS) is 1. The Labute approximate surface area is 196 Å². The van der Waals surface area contributed by atoms with Crippen LogP contribution in [0.3, 0.4) is 0 Å². The van der Waals surface area contributed by atoms with Crippen molar-refractivity contribution in [3.63, 3.8) is 0 Å². The highest BCUT2D eigenvalue weighted by Crippen LogP contribution is 2.53. The zero-order chi connectivity index (χ0) is 24.8. The molecular formula is C27H36O6. The van der Waals surface area contributed by atoms with E-state index in [0.717, 1.165) is 12.8 Å². The molecule has 2 aliphatic carbocycles. The number of carboxylic acids is 1. The number of ether oxygens (including phenoxy) is 1. The van der Waals surface area contributed by atoms with Crippen LogP contribution in [0.4, 0.5) is 0 Å². The first-order valence-corrected chi connectivity index (χ1v) is 11.7. The number of esters is 1. The van der Waals surface area contributed by atoms with E-state index in [-0.39, 0.29) is 17.8 Å². The number of hydrogen-bond donors (Lipinski definition) is 1. The molecule has 0 spiro atoms. The lowest BCUT2D eigenvalue weighted by Gasteiger charge is -2.48. The van der Waals surface area contributed by atoms with Crippen LogP contribution in [0.5, 0.6) is 0 Å². The largest absolute Gasteiger partial charge is 0.481 e. The maximum atomic E-state index is 12.7. The van der Waals surface area contributed by atoms with Crippen LogP contribution in [0.1, 0.15) is 59.8 Å². The van der Waals surface area contributed by atoms with E-state index in [4.69, 9.17) is 4.74 Å². The summed E-state index contributed by atoms with van der Waals surface area (Å²) >= 11 is 0. The van der Waals surface area contributed by atoms with Gasteiger partial charge in [-0.1, -0.05) is 58.9 Å². The maximum Gasteiger partial charge on any atom is 0.331 e. The van der Waals surface area contributed by atoms with Crippen LogP contribution in [0, 0.1) is 29.1 Å². The Morgan fingerprint density at radius 2 is 2.00 bits per heavy atom. The number of aldehydes is 1. The monoisotopic (exact) mass is 456 g/mol. The van der Waals surface area contributed by atoms with Gasteiger partial charge in [-0.3, -0.25) is 14.4 Å². The third-order valence-corrected chi connectivity index (χ3v) is 7.17. The number of hydrogen-bond acceptors (Lipinski definition) is 5. The van der Waals surface area contributed by atoms with Gasteiger partial charge in [-0.25, -0.2) is 4.79 Å². The van der Waals surface area contributed by atoms with Gasteiger partial charge in [-0.05, 0) is 54.7 Å². The van der Waals surface area contributed by atoms with Crippen molar-refractivity contribution in [3.05, 3.63) is 48.1 Å². The van der Waals surface area contributed by atoms with Gasteiger partial charge in [0, 0.05) is 11.5 Å². The normalized spacial score (nSPS) is 29.3. The third-order valence-electron chi connectivity index (χ3n) is 7.17. The minimum atomic E-state index is -0.963. The molecule has 0 aromatic rings. The summed E-state index contributed by atoms with van der Waals surface area (Å²) in [6.45, 7) is 11.9. The van der Waals surface area contributed by atoms with Crippen LogP contribution in [-0.2, 0) is 23.9 Å². The first-order chi connectivity index (χ1) is 15.5. The van der Waals surface area contributed by atoms with Crippen LogP contribution in [0.15, 0.2) is 48.1 Å². The first kappa shape index (κ1) is 26.5. The SMILES string of the molecule is C=C(C=O)[C@@H]1C[C@@]2(C)C(=CC1=O)[C@H](OC(=O)/C=C/C=C/C(C)CC(C)CC)CC[C@@H]2C(=O)O. The fourth-order valence-corrected chi connectivity index (χ4v) is 5.02. The Hall–Kier alpha value is -2.76. The van der Waals surface area contributed by atoms with Crippen LogP contribution < -0.4 is 0 Å². The van der Waals surface area contributed by atoms with Gasteiger partial charge in [0.05, 0.1) is 11.8 Å². The average Bonchev–Trinajstić information content (AvgIpc) is 2.76. The van der Waals surface area contributed by atoms with Crippen LogP contribution >= 0.6 is 0 Å². The summed E-state index contributed by atoms with van der Waals surface area (Å²) in [6.07, 6.45) is 11.1. The van der Waals surface area contributed by atoms with Crippen molar-refractivity contribution < 1.29 is 29.0 Å². The van der Waals surface area contributed by atoms with E-state index < -0.39 is 35.3 Å². The zero-order valence-corrected chi connectivity index (χ0v) is 20.1. The van der Waals surface area contributed by atoms with Gasteiger partial charge >= 0.3 is 11.9 Å². The van der Waals surface area contributed by atoms with Gasteiger partial charge in [-0.2, -0.15) is 0 Å². The maximum absolute atomic E-state index is 12.7. The molecule has 1 N–H and O–H groups in total. The molecule has 6 heteroatoms. The summed E-state index contributed by atoms with van der Waals surface area (Å²) in [5, 5.41) is 9.79. The summed E-state index contributed by atoms with van der Waals surface area (Å²) in [4.78, 5) is 48.3. The predicted molar refractivity (Wildman–Crippen MR) is 126 cm³/mol. The smallest absolute Gasteiger partial charge is 0.331 e. The summed E-state index contributed by atoms with van der Waals surface area (Å²) in [5.74, 6) is -2.25. The van der Waals surface area contributed by atoms with Gasteiger partial charge in [0.25, 0.3) is 0 Å². The summed E-state index contributed by atoms with van der Waals surface area (Å²) in [6, 6.07) is 0. The number of ketones is 1. The van der Waals surface area contributed by atoms with Crippen LogP contribution in [0.25, 0.3) is 0 Å². The van der Waals surface area contributed by atoms with E-state index in [1.165, 1.54) is 12.2 Å². The molecule has 1 fully saturated rings. The van der Waals surface area contributed by atoms with Gasteiger partial charge < -0.3 is 9.84 Å². The zero-order valence-electron chi connectivity index (χ0n) is 20.1. The van der Waals surface area contributed by atoms with Gasteiger partial charge in [0.15, 0.2) is 5.78 Å². The molecule has 0 heterocycles. The molecule has 2 rings (SSSR count). The molecule has 0 bridgehead atoms. The van der Waals surface area contributed by atoms with Crippen molar-refractivity contribution in [1.29, 1.82) is 0 Å². The molecule has 0 saturated heterocycles. The van der Waals surface area contributed by atoms with Crippen molar-refractivity contribution in [3.8, 4) is 0 Å². The molecule has 2 aliphatic rings. The number of allylic oxidation sites excluding steroid dienone is 5. The van der Waals surface area contributed by atoms with E-state index in [2.05, 4.69) is 27.4 Å². The minimum absolute atomic E-state index is 0.136. The molecule has 0 radical (unpaired) electrons. The fourth-order valence-electron chi connectivity index (χ4n) is 5.02. The molecule has 180 valence electrons. The Balaban J connectivity index is 2.15. The Morgan fingerprint density at radius 3 is 2.61 bits per heavy atom. The lowest BCUT2D eigenvalue weighted by atomic mass is 9.56. The Bertz CT molecular complexity index is 879. The van der Waals surface area contributed by atoms with Gasteiger partial charge in [0.2, 0.25) is 0 Å². The second kappa shape index (κ2) is 11.4. The molecule has 1 saturated carbocycles. The van der Waals surface area contributed by atoms with E-state index in [1.807, 2.05) is 12.2 Å². The summed E-state index contributed by atoms with van der Waals surface area (Å²) < 4.78 is 5.65. The summed E-state index contributed by atoms with van der Waals surface area (Å²) in [7, 11) is 0. The van der Waals surface area contributed by atoms with Crippen molar-refractivity contribution in [1.82, 2.24) is 0 Å². The van der Waals surface area contributed by atoms with Crippen molar-refractivity contribution in [2.45, 2.75) is 65.9 Å². The number of fused-ring (bicyclic) bond motifs is 1. The third kappa shape index (κ3) is 6.40. The molecular weight excluding hydrogens is 420 g/mol. The number of carbonyl (C=O) groups is 4. The number of aliphatic carboxylic acids is 1. The molecule has 0 aromatic carbocycles. The lowest BCUT2D eigenvalue weighted by molar-refractivity contribution is -0.152. The first-order valence-electron chi connectivity index (χ1n) is 11.7. The van der Waals surface area contributed by atoms with E-state index in [0.29, 0.717) is 36.5 Å². The molecule has 0 aliphatic heterocycles. The van der Waals surface area contributed by atoms with E-state index >= 15 is 0 Å².